The summed E-state index contributed by atoms with van der Waals surface area (Å²) in [4.78, 5) is 55.6. The maximum Gasteiger partial charge on any atom is 0.332 e. The van der Waals surface area contributed by atoms with Crippen molar-refractivity contribution in [2.45, 2.75) is 63.3 Å². The van der Waals surface area contributed by atoms with Crippen molar-refractivity contribution >= 4 is 33.7 Å². The zero-order valence-corrected chi connectivity index (χ0v) is 21.0. The van der Waals surface area contributed by atoms with Crippen LogP contribution in [0.2, 0.25) is 0 Å². The molecule has 1 N–H and O–H groups in total. The van der Waals surface area contributed by atoms with E-state index in [1.54, 1.807) is 22.8 Å². The highest BCUT2D eigenvalue weighted by molar-refractivity contribution is 7.99. The first kappa shape index (κ1) is 23.9. The number of aromatic nitrogens is 6. The molecule has 9 nitrogen and oxygen atoms in total. The van der Waals surface area contributed by atoms with E-state index in [4.69, 9.17) is 4.98 Å². The monoisotopic (exact) mass is 480 g/mol. The van der Waals surface area contributed by atoms with Crippen LogP contribution in [0, 0.1) is 0 Å². The summed E-state index contributed by atoms with van der Waals surface area (Å²) >= 11 is 1.32. The molecule has 0 unspecified atom stereocenters. The van der Waals surface area contributed by atoms with Crippen molar-refractivity contribution < 1.29 is 0 Å². The largest absolute Gasteiger partial charge is 0.332 e. The number of benzene rings is 1. The highest BCUT2D eigenvalue weighted by Crippen LogP contribution is 2.36. The lowest BCUT2D eigenvalue weighted by Crippen LogP contribution is -2.39. The number of nitrogens with one attached hydrogen (secondary N) is 1. The molecule has 0 saturated heterocycles. The molecule has 0 aliphatic heterocycles. The van der Waals surface area contributed by atoms with Crippen molar-refractivity contribution in [3.63, 3.8) is 0 Å². The Hall–Kier alpha value is -3.27. The zero-order valence-electron chi connectivity index (χ0n) is 20.2. The lowest BCUT2D eigenvalue weighted by Gasteiger charge is -2.21. The third-order valence-electron chi connectivity index (χ3n) is 5.57. The number of hydrogen-bond donors (Lipinski definition) is 1. The number of thioether (sulfide) groups is 1. The van der Waals surface area contributed by atoms with Crippen molar-refractivity contribution in [3.05, 3.63) is 67.1 Å². The molecular formula is C24H28N6O3S. The molecule has 178 valence electrons. The van der Waals surface area contributed by atoms with Crippen LogP contribution < -0.4 is 16.8 Å². The van der Waals surface area contributed by atoms with Gasteiger partial charge < -0.3 is 4.98 Å². The van der Waals surface area contributed by atoms with Gasteiger partial charge in [0.25, 0.3) is 11.1 Å². The second kappa shape index (κ2) is 8.83. The number of aryl methyl sites for hydroxylation is 1. The fraction of sp³-hybridized carbons (Fsp3) is 0.417. The van der Waals surface area contributed by atoms with Crippen molar-refractivity contribution in [3.8, 4) is 0 Å². The van der Waals surface area contributed by atoms with Gasteiger partial charge in [0, 0.05) is 19.0 Å². The van der Waals surface area contributed by atoms with E-state index in [1.807, 2.05) is 40.7 Å². The quantitative estimate of drug-likeness (QED) is 0.344. The number of hydrogen-bond acceptors (Lipinski definition) is 7. The average Bonchev–Trinajstić information content (AvgIpc) is 2.79. The van der Waals surface area contributed by atoms with E-state index in [-0.39, 0.29) is 10.8 Å². The molecule has 0 spiro atoms. The van der Waals surface area contributed by atoms with Crippen molar-refractivity contribution in [2.24, 2.45) is 7.05 Å². The molecule has 0 saturated carbocycles. The summed E-state index contributed by atoms with van der Waals surface area (Å²) in [7, 11) is 1.47. The second-order valence-electron chi connectivity index (χ2n) is 9.33. The van der Waals surface area contributed by atoms with Gasteiger partial charge in [-0.1, -0.05) is 51.6 Å². The minimum Gasteiger partial charge on any atom is -0.309 e. The molecule has 0 fully saturated rings. The maximum absolute atomic E-state index is 13.2. The molecular weight excluding hydrogens is 452 g/mol. The molecule has 10 heteroatoms. The standard InChI is InChI=1S/C24H28N6O3S/c1-7-12-30-18-16(21(32)29(6)23(30)33)20(28-22(27-18)24(3,4)5)34-13(2)17-25-15-11-9-8-10-14(15)19(31)26-17/h8-11,13H,7,12H2,1-6H3,(H,25,26,31)/t13-/m1/s1. The second-order valence-corrected chi connectivity index (χ2v) is 10.7. The number of nitrogens with zero attached hydrogens (tertiary/aromatic N) is 5. The Morgan fingerprint density at radius 2 is 1.79 bits per heavy atom. The van der Waals surface area contributed by atoms with E-state index < -0.39 is 16.7 Å². The van der Waals surface area contributed by atoms with Crippen LogP contribution in [-0.2, 0) is 19.0 Å². The Morgan fingerprint density at radius 1 is 1.09 bits per heavy atom. The van der Waals surface area contributed by atoms with Crippen LogP contribution in [-0.4, -0.2) is 29.1 Å². The van der Waals surface area contributed by atoms with Crippen LogP contribution in [0.15, 0.2) is 43.7 Å². The predicted molar refractivity (Wildman–Crippen MR) is 135 cm³/mol. The van der Waals surface area contributed by atoms with Crippen LogP contribution in [0.5, 0.6) is 0 Å². The van der Waals surface area contributed by atoms with Gasteiger partial charge in [0.2, 0.25) is 0 Å². The van der Waals surface area contributed by atoms with E-state index in [9.17, 15) is 14.4 Å². The van der Waals surface area contributed by atoms with E-state index >= 15 is 0 Å². The molecule has 4 rings (SSSR count). The van der Waals surface area contributed by atoms with Crippen LogP contribution >= 0.6 is 11.8 Å². The molecule has 4 aromatic rings. The van der Waals surface area contributed by atoms with Crippen LogP contribution in [0.3, 0.4) is 0 Å². The van der Waals surface area contributed by atoms with Gasteiger partial charge in [0.1, 0.15) is 22.1 Å². The normalized spacial score (nSPS) is 13.0. The highest BCUT2D eigenvalue weighted by atomic mass is 32.2. The van der Waals surface area contributed by atoms with E-state index in [0.717, 1.165) is 4.57 Å². The summed E-state index contributed by atoms with van der Waals surface area (Å²) in [5.41, 5.74) is -0.529. The number of aromatic amines is 1. The first-order valence-electron chi connectivity index (χ1n) is 11.2. The maximum atomic E-state index is 13.2. The van der Waals surface area contributed by atoms with Gasteiger partial charge in [-0.05, 0) is 25.5 Å². The molecule has 1 aromatic carbocycles. The van der Waals surface area contributed by atoms with Gasteiger partial charge in [-0.15, -0.1) is 0 Å². The first-order chi connectivity index (χ1) is 16.0. The van der Waals surface area contributed by atoms with Crippen LogP contribution in [0.4, 0.5) is 0 Å². The summed E-state index contributed by atoms with van der Waals surface area (Å²) in [5.74, 6) is 1.02. The number of fused-ring (bicyclic) bond motifs is 2. The average molecular weight is 481 g/mol. The predicted octanol–water partition coefficient (Wildman–Crippen LogP) is 3.29. The molecule has 0 aliphatic rings. The molecule has 0 bridgehead atoms. The fourth-order valence-corrected chi connectivity index (χ4v) is 4.70. The Kier molecular flexibility index (Phi) is 6.20. The molecule has 3 aromatic heterocycles. The zero-order chi connectivity index (χ0) is 24.8. The number of para-hydroxylation sites is 1. The van der Waals surface area contributed by atoms with Gasteiger partial charge in [0.05, 0.1) is 16.2 Å². The Morgan fingerprint density at radius 3 is 2.47 bits per heavy atom. The van der Waals surface area contributed by atoms with Gasteiger partial charge in [-0.25, -0.2) is 19.7 Å². The topological polar surface area (TPSA) is 116 Å². The molecule has 0 radical (unpaired) electrons. The molecule has 34 heavy (non-hydrogen) atoms. The lowest BCUT2D eigenvalue weighted by molar-refractivity contribution is 0.535. The van der Waals surface area contributed by atoms with Crippen molar-refractivity contribution in [2.75, 3.05) is 0 Å². The van der Waals surface area contributed by atoms with Crippen molar-refractivity contribution in [1.82, 2.24) is 29.1 Å². The van der Waals surface area contributed by atoms with Crippen LogP contribution in [0.1, 0.15) is 57.9 Å². The smallest absolute Gasteiger partial charge is 0.309 e. The first-order valence-corrected chi connectivity index (χ1v) is 12.1. The van der Waals surface area contributed by atoms with Gasteiger partial charge in [-0.2, -0.15) is 0 Å². The highest BCUT2D eigenvalue weighted by Gasteiger charge is 2.26. The van der Waals surface area contributed by atoms with Gasteiger partial charge in [0.15, 0.2) is 5.65 Å². The fourth-order valence-electron chi connectivity index (χ4n) is 3.70. The summed E-state index contributed by atoms with van der Waals surface area (Å²) < 4.78 is 2.64. The van der Waals surface area contributed by atoms with Gasteiger partial charge >= 0.3 is 5.69 Å². The summed E-state index contributed by atoms with van der Waals surface area (Å²) in [6, 6.07) is 7.15. The van der Waals surface area contributed by atoms with Gasteiger partial charge in [-0.3, -0.25) is 18.7 Å². The Labute approximate surface area is 200 Å². The van der Waals surface area contributed by atoms with E-state index in [0.29, 0.717) is 51.6 Å². The third-order valence-corrected chi connectivity index (χ3v) is 6.67. The van der Waals surface area contributed by atoms with E-state index in [1.165, 1.54) is 18.8 Å². The minimum absolute atomic E-state index is 0.219. The summed E-state index contributed by atoms with van der Waals surface area (Å²) in [5, 5.41) is 0.954. The minimum atomic E-state index is -0.442. The molecule has 0 amide bonds. The van der Waals surface area contributed by atoms with Crippen LogP contribution in [0.25, 0.3) is 21.9 Å². The lowest BCUT2D eigenvalue weighted by atomic mass is 9.96. The number of H-pyrrole nitrogens is 1. The summed E-state index contributed by atoms with van der Waals surface area (Å²) in [6.07, 6.45) is 0.711. The molecule has 3 heterocycles. The SMILES string of the molecule is CCCn1c(=O)n(C)c(=O)c2c(S[C@H](C)c3nc4ccccc4c(=O)[nH]3)nc(C(C)(C)C)nc21. The molecule has 0 aliphatic carbocycles. The Bertz CT molecular complexity index is 1580. The number of rotatable bonds is 5. The molecule has 1 atom stereocenters. The van der Waals surface area contributed by atoms with Crippen molar-refractivity contribution in [1.29, 1.82) is 0 Å². The summed E-state index contributed by atoms with van der Waals surface area (Å²) in [6.45, 7) is 10.3. The Balaban J connectivity index is 1.95. The third kappa shape index (κ3) is 4.18. The van der Waals surface area contributed by atoms with E-state index in [2.05, 4.69) is 15.0 Å².